The van der Waals surface area contributed by atoms with Gasteiger partial charge in [-0.05, 0) is 49.0 Å². The number of carbonyl (C=O) groups is 3. The van der Waals surface area contributed by atoms with Gasteiger partial charge >= 0.3 is 6.09 Å². The Morgan fingerprint density at radius 1 is 1.22 bits per heavy atom. The van der Waals surface area contributed by atoms with E-state index in [0.29, 0.717) is 54.7 Å². The number of nitrogens with one attached hydrogen (secondary N) is 2. The molecule has 0 bridgehead atoms. The molecule has 1 atom stereocenters. The molecule has 3 N–H and O–H groups in total. The number of rotatable bonds is 9. The van der Waals surface area contributed by atoms with Gasteiger partial charge in [-0.15, -0.1) is 0 Å². The van der Waals surface area contributed by atoms with E-state index < -0.39 is 12.1 Å². The molecule has 1 unspecified atom stereocenters. The summed E-state index contributed by atoms with van der Waals surface area (Å²) >= 11 is 0. The molecule has 12 nitrogen and oxygen atoms in total. The number of hydrogen-bond donors (Lipinski definition) is 3. The molecule has 2 aliphatic heterocycles. The smallest absolute Gasteiger partial charge is 0.413 e. The Morgan fingerprint density at radius 2 is 2.00 bits per heavy atom. The first-order valence-corrected chi connectivity index (χ1v) is 13.8. The molecule has 2 aromatic heterocycles. The highest BCUT2D eigenvalue weighted by Gasteiger charge is 2.36. The van der Waals surface area contributed by atoms with E-state index in [1.807, 2.05) is 13.8 Å². The molecule has 12 heteroatoms. The summed E-state index contributed by atoms with van der Waals surface area (Å²) in [6.07, 6.45) is 4.01. The van der Waals surface area contributed by atoms with E-state index in [4.69, 9.17) is 9.72 Å². The standard InChI is InChI=1S/C29H35N7O5/c1-4-26(37)34-11-8-23(34)28(38)32-21-7-5-6-19(14-21)17-35(29(39)40)25-15-24(31-20-9-12-41-13-10-20)33-27-22(18(2)3)16-30-36(25)27/h4-7,14-16,18,20,23H,1,8-13,17H2,2-3H3,(H,31,33)(H,32,38)(H,39,40). The zero-order chi connectivity index (χ0) is 29.1. The van der Waals surface area contributed by atoms with E-state index in [-0.39, 0.29) is 30.3 Å². The largest absolute Gasteiger partial charge is 0.465 e. The lowest BCUT2D eigenvalue weighted by molar-refractivity contribution is -0.141. The Labute approximate surface area is 238 Å². The van der Waals surface area contributed by atoms with E-state index in [2.05, 4.69) is 22.3 Å². The van der Waals surface area contributed by atoms with E-state index in [1.54, 1.807) is 41.0 Å². The summed E-state index contributed by atoms with van der Waals surface area (Å²) in [4.78, 5) is 44.9. The van der Waals surface area contributed by atoms with Crippen molar-refractivity contribution >= 4 is 40.9 Å². The number of ether oxygens (including phenoxy) is 1. The predicted octanol–water partition coefficient (Wildman–Crippen LogP) is 3.85. The summed E-state index contributed by atoms with van der Waals surface area (Å²) in [5, 5.41) is 21.1. The number of likely N-dealkylation sites (tertiary alicyclic amines) is 1. The number of amides is 3. The molecule has 4 heterocycles. The lowest BCUT2D eigenvalue weighted by atomic mass is 10.0. The fourth-order valence-corrected chi connectivity index (χ4v) is 5.13. The summed E-state index contributed by atoms with van der Waals surface area (Å²) in [5.74, 6) is 0.490. The second kappa shape index (κ2) is 12.0. The maximum atomic E-state index is 12.8. The molecular weight excluding hydrogens is 526 g/mol. The lowest BCUT2D eigenvalue weighted by Crippen LogP contribution is -2.56. The van der Waals surface area contributed by atoms with Crippen LogP contribution in [0.1, 0.15) is 50.2 Å². The van der Waals surface area contributed by atoms with Crippen LogP contribution in [0.3, 0.4) is 0 Å². The second-order valence-electron chi connectivity index (χ2n) is 10.6. The predicted molar refractivity (Wildman–Crippen MR) is 154 cm³/mol. The van der Waals surface area contributed by atoms with Crippen LogP contribution in [0, 0.1) is 0 Å². The van der Waals surface area contributed by atoms with Crippen LogP contribution in [0.2, 0.25) is 0 Å². The Morgan fingerprint density at radius 3 is 2.66 bits per heavy atom. The molecule has 0 radical (unpaired) electrons. The molecule has 2 saturated heterocycles. The van der Waals surface area contributed by atoms with Gasteiger partial charge in [-0.25, -0.2) is 9.78 Å². The summed E-state index contributed by atoms with van der Waals surface area (Å²) in [6.45, 7) is 9.42. The van der Waals surface area contributed by atoms with Gasteiger partial charge in [-0.2, -0.15) is 9.61 Å². The minimum absolute atomic E-state index is 0.0102. The molecule has 2 fully saturated rings. The fraction of sp³-hybridized carbons (Fsp3) is 0.414. The molecular formula is C29H35N7O5. The van der Waals surface area contributed by atoms with Crippen LogP contribution in [0.5, 0.6) is 0 Å². The van der Waals surface area contributed by atoms with Crippen LogP contribution in [-0.4, -0.2) is 74.4 Å². The van der Waals surface area contributed by atoms with Gasteiger partial charge in [-0.3, -0.25) is 14.5 Å². The Kier molecular flexibility index (Phi) is 8.20. The fourth-order valence-electron chi connectivity index (χ4n) is 5.13. The van der Waals surface area contributed by atoms with Gasteiger partial charge in [0.2, 0.25) is 11.8 Å². The number of fused-ring (bicyclic) bond motifs is 1. The van der Waals surface area contributed by atoms with Gasteiger partial charge in [0.25, 0.3) is 0 Å². The van der Waals surface area contributed by atoms with Gasteiger partial charge in [0, 0.05) is 43.1 Å². The number of aromatic nitrogens is 3. The molecule has 3 amide bonds. The number of carboxylic acid groups (broad SMARTS) is 1. The zero-order valence-corrected chi connectivity index (χ0v) is 23.2. The van der Waals surface area contributed by atoms with E-state index in [1.165, 1.54) is 15.9 Å². The molecule has 2 aliphatic rings. The first kappa shape index (κ1) is 28.1. The average Bonchev–Trinajstić information content (AvgIpc) is 3.35. The van der Waals surface area contributed by atoms with Gasteiger partial charge < -0.3 is 25.4 Å². The zero-order valence-electron chi connectivity index (χ0n) is 23.2. The first-order valence-electron chi connectivity index (χ1n) is 13.8. The molecule has 0 aliphatic carbocycles. The minimum atomic E-state index is -1.15. The summed E-state index contributed by atoms with van der Waals surface area (Å²) in [5.41, 5.74) is 2.69. The number of benzene rings is 1. The maximum absolute atomic E-state index is 12.8. The number of nitrogens with zero attached hydrogens (tertiary/aromatic N) is 5. The highest BCUT2D eigenvalue weighted by Crippen LogP contribution is 2.29. The average molecular weight is 562 g/mol. The van der Waals surface area contributed by atoms with Crippen molar-refractivity contribution in [2.75, 3.05) is 35.3 Å². The lowest BCUT2D eigenvalue weighted by Gasteiger charge is -2.39. The third-order valence-corrected chi connectivity index (χ3v) is 7.50. The highest BCUT2D eigenvalue weighted by atomic mass is 16.5. The molecule has 0 saturated carbocycles. The van der Waals surface area contributed by atoms with Gasteiger partial charge in [0.1, 0.15) is 17.7 Å². The molecule has 41 heavy (non-hydrogen) atoms. The van der Waals surface area contributed by atoms with Crippen molar-refractivity contribution in [3.63, 3.8) is 0 Å². The van der Waals surface area contributed by atoms with Crippen LogP contribution >= 0.6 is 0 Å². The number of carbonyl (C=O) groups excluding carboxylic acids is 2. The topological polar surface area (TPSA) is 141 Å². The van der Waals surface area contributed by atoms with Crippen molar-refractivity contribution in [2.24, 2.45) is 0 Å². The van der Waals surface area contributed by atoms with Gasteiger partial charge in [0.15, 0.2) is 5.65 Å². The third-order valence-electron chi connectivity index (χ3n) is 7.50. The van der Waals surface area contributed by atoms with Crippen LogP contribution in [0.25, 0.3) is 5.65 Å². The Hall–Kier alpha value is -4.45. The Bertz CT molecular complexity index is 1460. The van der Waals surface area contributed by atoms with Crippen LogP contribution in [0.4, 0.5) is 22.1 Å². The molecule has 0 spiro atoms. The van der Waals surface area contributed by atoms with Crippen molar-refractivity contribution in [3.05, 3.63) is 60.3 Å². The number of anilines is 3. The van der Waals surface area contributed by atoms with Gasteiger partial charge in [-0.1, -0.05) is 32.6 Å². The molecule has 5 rings (SSSR count). The van der Waals surface area contributed by atoms with E-state index in [0.717, 1.165) is 18.4 Å². The quantitative estimate of drug-likeness (QED) is 0.335. The van der Waals surface area contributed by atoms with Crippen LogP contribution in [-0.2, 0) is 20.9 Å². The first-order chi connectivity index (χ1) is 19.7. The summed E-state index contributed by atoms with van der Waals surface area (Å²) in [6, 6.07) is 8.34. The third kappa shape index (κ3) is 6.02. The Balaban J connectivity index is 1.42. The normalized spacial score (nSPS) is 17.2. The molecule has 216 valence electrons. The minimum Gasteiger partial charge on any atom is -0.465 e. The highest BCUT2D eigenvalue weighted by molar-refractivity contribution is 6.00. The van der Waals surface area contributed by atoms with E-state index >= 15 is 0 Å². The van der Waals surface area contributed by atoms with E-state index in [9.17, 15) is 19.5 Å². The second-order valence-corrected chi connectivity index (χ2v) is 10.6. The van der Waals surface area contributed by atoms with Crippen molar-refractivity contribution < 1.29 is 24.2 Å². The molecule has 1 aromatic carbocycles. The van der Waals surface area contributed by atoms with Crippen molar-refractivity contribution in [1.29, 1.82) is 0 Å². The van der Waals surface area contributed by atoms with Crippen molar-refractivity contribution in [3.8, 4) is 0 Å². The summed E-state index contributed by atoms with van der Waals surface area (Å²) in [7, 11) is 0. The number of hydrogen-bond acceptors (Lipinski definition) is 7. The summed E-state index contributed by atoms with van der Waals surface area (Å²) < 4.78 is 7.04. The van der Waals surface area contributed by atoms with Crippen molar-refractivity contribution in [2.45, 2.75) is 57.7 Å². The monoisotopic (exact) mass is 561 g/mol. The van der Waals surface area contributed by atoms with Gasteiger partial charge in [0.05, 0.1) is 12.7 Å². The maximum Gasteiger partial charge on any atom is 0.413 e. The van der Waals surface area contributed by atoms with Crippen molar-refractivity contribution in [1.82, 2.24) is 19.5 Å². The van der Waals surface area contributed by atoms with Crippen LogP contribution < -0.4 is 15.5 Å². The SMILES string of the molecule is C=CC(=O)N1CCC1C(=O)Nc1cccc(CN(C(=O)O)c2cc(NC3CCOCC3)nc3c(C(C)C)cnn23)c1. The molecule has 3 aromatic rings. The van der Waals surface area contributed by atoms with Crippen LogP contribution in [0.15, 0.2) is 49.2 Å².